The van der Waals surface area contributed by atoms with Gasteiger partial charge in [-0.05, 0) is 30.7 Å². The molecule has 1 saturated heterocycles. The highest BCUT2D eigenvalue weighted by Crippen LogP contribution is 2.35. The van der Waals surface area contributed by atoms with Crippen molar-refractivity contribution in [1.82, 2.24) is 24.3 Å². The third-order valence-electron chi connectivity index (χ3n) is 6.13. The highest BCUT2D eigenvalue weighted by Gasteiger charge is 2.39. The zero-order chi connectivity index (χ0) is 23.3. The lowest BCUT2D eigenvalue weighted by Crippen LogP contribution is -2.43. The van der Waals surface area contributed by atoms with E-state index in [9.17, 15) is 18.0 Å². The van der Waals surface area contributed by atoms with Crippen molar-refractivity contribution in [3.8, 4) is 11.1 Å². The van der Waals surface area contributed by atoms with Crippen LogP contribution in [0.3, 0.4) is 0 Å². The van der Waals surface area contributed by atoms with Gasteiger partial charge >= 0.3 is 0 Å². The number of hydrogen-bond acceptors (Lipinski definition) is 4. The maximum absolute atomic E-state index is 15.6. The van der Waals surface area contributed by atoms with E-state index in [2.05, 4.69) is 15.0 Å². The van der Waals surface area contributed by atoms with E-state index in [-0.39, 0.29) is 42.8 Å². The molecule has 1 aromatic carbocycles. The first-order chi connectivity index (χ1) is 15.7. The van der Waals surface area contributed by atoms with Crippen LogP contribution in [0.1, 0.15) is 24.4 Å². The van der Waals surface area contributed by atoms with Crippen molar-refractivity contribution in [2.75, 3.05) is 19.6 Å². The number of piperidine rings is 1. The normalized spacial score (nSPS) is 16.8. The molecule has 4 heterocycles. The van der Waals surface area contributed by atoms with Crippen molar-refractivity contribution in [3.05, 3.63) is 64.3 Å². The minimum Gasteiger partial charge on any atom is -0.307 e. The molecular weight excluding hydrogens is 438 g/mol. The van der Waals surface area contributed by atoms with Gasteiger partial charge in [-0.3, -0.25) is 9.69 Å². The van der Waals surface area contributed by atoms with Crippen molar-refractivity contribution in [2.45, 2.75) is 31.9 Å². The summed E-state index contributed by atoms with van der Waals surface area (Å²) < 4.78 is 56.8. The number of imidazole rings is 1. The van der Waals surface area contributed by atoms with Crippen LogP contribution < -0.4 is 5.56 Å². The lowest BCUT2D eigenvalue weighted by atomic mass is 9.92. The number of H-pyrrole nitrogens is 1. The zero-order valence-electron chi connectivity index (χ0n) is 17.8. The van der Waals surface area contributed by atoms with Gasteiger partial charge in [-0.1, -0.05) is 6.07 Å². The highest BCUT2D eigenvalue weighted by atomic mass is 19.3. The summed E-state index contributed by atoms with van der Waals surface area (Å²) in [5.74, 6) is -0.577. The molecule has 5 rings (SSSR count). The van der Waals surface area contributed by atoms with Crippen molar-refractivity contribution in [2.24, 2.45) is 0 Å². The number of fused-ring (bicyclic) bond motifs is 2. The van der Waals surface area contributed by atoms with E-state index < -0.39 is 30.0 Å². The third kappa shape index (κ3) is 3.99. The summed E-state index contributed by atoms with van der Waals surface area (Å²) >= 11 is 0. The van der Waals surface area contributed by atoms with Crippen molar-refractivity contribution in [1.29, 1.82) is 0 Å². The van der Waals surface area contributed by atoms with Crippen molar-refractivity contribution in [3.63, 3.8) is 0 Å². The van der Waals surface area contributed by atoms with Crippen LogP contribution in [0.4, 0.5) is 17.6 Å². The second-order valence-electron chi connectivity index (χ2n) is 8.49. The first kappa shape index (κ1) is 21.6. The molecule has 0 spiro atoms. The Morgan fingerprint density at radius 2 is 1.88 bits per heavy atom. The zero-order valence-corrected chi connectivity index (χ0v) is 17.8. The average Bonchev–Trinajstić information content (AvgIpc) is 3.16. The number of aryl methyl sites for hydroxylation is 1. The van der Waals surface area contributed by atoms with Gasteiger partial charge in [0.25, 0.3) is 12.0 Å². The minimum absolute atomic E-state index is 0.0319. The van der Waals surface area contributed by atoms with Gasteiger partial charge in [0.15, 0.2) is 17.1 Å². The molecule has 1 aliphatic heterocycles. The number of alkyl halides is 3. The van der Waals surface area contributed by atoms with Gasteiger partial charge in [0.05, 0.1) is 23.1 Å². The number of halogens is 4. The predicted molar refractivity (Wildman–Crippen MR) is 116 cm³/mol. The fraction of sp³-hybridized carbons (Fsp3) is 0.348. The van der Waals surface area contributed by atoms with Gasteiger partial charge in [-0.2, -0.15) is 0 Å². The van der Waals surface area contributed by atoms with Crippen LogP contribution in [-0.4, -0.2) is 50.3 Å². The number of nitrogens with one attached hydrogen (secondary N) is 1. The van der Waals surface area contributed by atoms with Gasteiger partial charge in [0.2, 0.25) is 0 Å². The Kier molecular flexibility index (Phi) is 5.19. The summed E-state index contributed by atoms with van der Waals surface area (Å²) in [4.78, 5) is 25.3. The number of pyridine rings is 1. The Labute approximate surface area is 185 Å². The number of benzene rings is 1. The third-order valence-corrected chi connectivity index (χ3v) is 6.13. The van der Waals surface area contributed by atoms with E-state index >= 15 is 4.39 Å². The Morgan fingerprint density at radius 1 is 1.12 bits per heavy atom. The lowest BCUT2D eigenvalue weighted by molar-refractivity contribution is 0.0173. The predicted octanol–water partition coefficient (Wildman–Crippen LogP) is 4.21. The van der Waals surface area contributed by atoms with Crippen LogP contribution in [0.15, 0.2) is 41.5 Å². The van der Waals surface area contributed by atoms with Gasteiger partial charge in [0.1, 0.15) is 5.82 Å². The second-order valence-corrected chi connectivity index (χ2v) is 8.49. The van der Waals surface area contributed by atoms with E-state index in [1.165, 1.54) is 11.0 Å². The Morgan fingerprint density at radius 3 is 2.61 bits per heavy atom. The highest BCUT2D eigenvalue weighted by molar-refractivity contribution is 5.84. The summed E-state index contributed by atoms with van der Waals surface area (Å²) in [5.41, 5.74) is -0.0421. The number of nitrogens with zero attached hydrogens (tertiary/aromatic N) is 4. The number of aromatic amines is 1. The van der Waals surface area contributed by atoms with E-state index in [1.807, 2.05) is 0 Å². The molecule has 3 aromatic heterocycles. The van der Waals surface area contributed by atoms with Crippen LogP contribution in [-0.2, 0) is 5.67 Å². The molecule has 0 saturated carbocycles. The average molecular weight is 459 g/mol. The number of aromatic nitrogens is 4. The smallest absolute Gasteiger partial charge is 0.258 e. The molecule has 0 radical (unpaired) electrons. The van der Waals surface area contributed by atoms with Crippen LogP contribution in [0, 0.1) is 12.7 Å². The molecule has 4 aromatic rings. The maximum atomic E-state index is 15.6. The van der Waals surface area contributed by atoms with Crippen molar-refractivity contribution >= 4 is 16.6 Å². The first-order valence-corrected chi connectivity index (χ1v) is 10.6. The van der Waals surface area contributed by atoms with E-state index in [0.717, 1.165) is 0 Å². The quantitative estimate of drug-likeness (QED) is 0.465. The second kappa shape index (κ2) is 7.95. The van der Waals surface area contributed by atoms with Gasteiger partial charge < -0.3 is 9.38 Å². The van der Waals surface area contributed by atoms with Crippen molar-refractivity contribution < 1.29 is 17.6 Å². The molecule has 0 unspecified atom stereocenters. The molecule has 6 nitrogen and oxygen atoms in total. The van der Waals surface area contributed by atoms with Gasteiger partial charge in [0, 0.05) is 43.9 Å². The maximum Gasteiger partial charge on any atom is 0.258 e. The fourth-order valence-corrected chi connectivity index (χ4v) is 4.39. The largest absolute Gasteiger partial charge is 0.307 e. The van der Waals surface area contributed by atoms with E-state index in [4.69, 9.17) is 0 Å². The molecule has 1 aliphatic rings. The van der Waals surface area contributed by atoms with Crippen LogP contribution in [0.5, 0.6) is 0 Å². The molecule has 0 atom stereocenters. The topological polar surface area (TPSA) is 66.3 Å². The summed E-state index contributed by atoms with van der Waals surface area (Å²) in [7, 11) is 0. The SMILES string of the molecule is Cc1cn2cc(-c3ccc4nc(C5(F)CCN(CC(F)F)CC5)[nH]c(=O)c4c3)cc(F)c2n1. The molecule has 0 bridgehead atoms. The summed E-state index contributed by atoms with van der Waals surface area (Å²) in [6.45, 7) is 1.68. The summed E-state index contributed by atoms with van der Waals surface area (Å²) in [6, 6.07) is 6.23. The Balaban J connectivity index is 1.48. The molecule has 33 heavy (non-hydrogen) atoms. The van der Waals surface area contributed by atoms with Crippen LogP contribution in [0.25, 0.3) is 27.7 Å². The molecule has 0 aliphatic carbocycles. The fourth-order valence-electron chi connectivity index (χ4n) is 4.39. The van der Waals surface area contributed by atoms with Gasteiger partial charge in [-0.15, -0.1) is 0 Å². The molecular formula is C23H21F4N5O. The minimum atomic E-state index is -2.48. The van der Waals surface area contributed by atoms with Crippen LogP contribution in [0.2, 0.25) is 0 Å². The molecule has 172 valence electrons. The Hall–Kier alpha value is -3.27. The molecule has 1 N–H and O–H groups in total. The standard InChI is InChI=1S/C23H21F4N5O/c1-13-10-32-11-15(9-17(24)20(32)28-13)14-2-3-18-16(8-14)21(33)30-22(29-18)23(27)4-6-31(7-5-23)12-19(25)26/h2-3,8-11,19H,4-7,12H2,1H3,(H,29,30,33). The summed E-state index contributed by atoms with van der Waals surface area (Å²) in [5, 5.41) is 0.248. The number of rotatable bonds is 4. The summed E-state index contributed by atoms with van der Waals surface area (Å²) in [6.07, 6.45) is 0.888. The lowest BCUT2D eigenvalue weighted by Gasteiger charge is -2.35. The number of hydrogen-bond donors (Lipinski definition) is 1. The van der Waals surface area contributed by atoms with Gasteiger partial charge in [-0.25, -0.2) is 27.5 Å². The molecule has 10 heteroatoms. The van der Waals surface area contributed by atoms with Crippen LogP contribution >= 0.6 is 0 Å². The first-order valence-electron chi connectivity index (χ1n) is 10.6. The van der Waals surface area contributed by atoms with E-state index in [1.54, 1.807) is 41.9 Å². The van der Waals surface area contributed by atoms with E-state index in [0.29, 0.717) is 22.3 Å². The Bertz CT molecular complexity index is 1410. The number of likely N-dealkylation sites (tertiary alicyclic amines) is 1. The monoisotopic (exact) mass is 459 g/mol. The molecule has 1 fully saturated rings. The molecule has 0 amide bonds.